The average molecular weight is 268 g/mol. The first kappa shape index (κ1) is 13.2. The monoisotopic (exact) mass is 268 g/mol. The number of nitrogens with two attached hydrogens (primary N) is 1. The van der Waals surface area contributed by atoms with Crippen LogP contribution in [0.3, 0.4) is 0 Å². The predicted molar refractivity (Wildman–Crippen MR) is 80.5 cm³/mol. The van der Waals surface area contributed by atoms with E-state index >= 15 is 0 Å². The van der Waals surface area contributed by atoms with E-state index in [1.807, 2.05) is 0 Å². The Morgan fingerprint density at radius 3 is 2.45 bits per heavy atom. The fourth-order valence-electron chi connectivity index (χ4n) is 2.49. The van der Waals surface area contributed by atoms with Gasteiger partial charge in [-0.1, -0.05) is 36.4 Å². The molecule has 0 spiro atoms. The molecule has 3 rings (SSSR count). The van der Waals surface area contributed by atoms with Crippen molar-refractivity contribution in [3.63, 3.8) is 0 Å². The first-order valence-electron chi connectivity index (χ1n) is 7.08. The molecule has 1 heterocycles. The highest BCUT2D eigenvalue weighted by Crippen LogP contribution is 2.25. The van der Waals surface area contributed by atoms with Gasteiger partial charge in [0.15, 0.2) is 0 Å². The minimum Gasteiger partial charge on any atom is -0.493 e. The summed E-state index contributed by atoms with van der Waals surface area (Å²) >= 11 is 0. The third-order valence-electron chi connectivity index (χ3n) is 3.67. The zero-order chi connectivity index (χ0) is 13.8. The van der Waals surface area contributed by atoms with Gasteiger partial charge in [-0.05, 0) is 28.3 Å². The Balaban J connectivity index is 1.54. The number of rotatable bonds is 5. The zero-order valence-corrected chi connectivity index (χ0v) is 11.6. The van der Waals surface area contributed by atoms with Crippen molar-refractivity contribution in [1.82, 2.24) is 5.32 Å². The maximum absolute atomic E-state index is 5.59. The molecule has 0 saturated carbocycles. The van der Waals surface area contributed by atoms with Crippen LogP contribution in [0, 0.1) is 0 Å². The highest BCUT2D eigenvalue weighted by molar-refractivity contribution is 5.39. The van der Waals surface area contributed by atoms with E-state index in [0.717, 1.165) is 31.9 Å². The molecule has 3 N–H and O–H groups in total. The summed E-state index contributed by atoms with van der Waals surface area (Å²) in [6.45, 7) is 3.18. The van der Waals surface area contributed by atoms with Gasteiger partial charge in [-0.2, -0.15) is 0 Å². The number of benzene rings is 2. The van der Waals surface area contributed by atoms with Gasteiger partial charge < -0.3 is 15.8 Å². The molecular weight excluding hydrogens is 248 g/mol. The summed E-state index contributed by atoms with van der Waals surface area (Å²) < 4.78 is 5.52. The molecule has 0 aliphatic carbocycles. The molecule has 0 atom stereocenters. The van der Waals surface area contributed by atoms with E-state index in [1.165, 1.54) is 22.3 Å². The average Bonchev–Trinajstić information content (AvgIpc) is 2.95. The molecule has 0 amide bonds. The van der Waals surface area contributed by atoms with Crippen molar-refractivity contribution in [3.05, 3.63) is 64.7 Å². The summed E-state index contributed by atoms with van der Waals surface area (Å²) in [5.41, 5.74) is 10.7. The van der Waals surface area contributed by atoms with Crippen molar-refractivity contribution in [2.45, 2.75) is 26.1 Å². The zero-order valence-electron chi connectivity index (χ0n) is 11.6. The smallest absolute Gasteiger partial charge is 0.122 e. The summed E-state index contributed by atoms with van der Waals surface area (Å²) in [5, 5.41) is 3.47. The minimum atomic E-state index is 0.602. The Kier molecular flexibility index (Phi) is 4.00. The highest BCUT2D eigenvalue weighted by Gasteiger charge is 2.11. The van der Waals surface area contributed by atoms with Crippen molar-refractivity contribution in [3.8, 4) is 5.75 Å². The molecule has 1 aliphatic rings. The van der Waals surface area contributed by atoms with Crippen LogP contribution in [0.1, 0.15) is 22.3 Å². The Bertz CT molecular complexity index is 578. The number of hydrogen-bond donors (Lipinski definition) is 2. The van der Waals surface area contributed by atoms with E-state index in [9.17, 15) is 0 Å². The number of fused-ring (bicyclic) bond motifs is 1. The minimum absolute atomic E-state index is 0.602. The molecule has 0 fully saturated rings. The molecule has 2 aromatic carbocycles. The molecule has 20 heavy (non-hydrogen) atoms. The van der Waals surface area contributed by atoms with E-state index < -0.39 is 0 Å². The van der Waals surface area contributed by atoms with Crippen LogP contribution in [0.15, 0.2) is 42.5 Å². The first-order valence-corrected chi connectivity index (χ1v) is 7.08. The van der Waals surface area contributed by atoms with Crippen LogP contribution >= 0.6 is 0 Å². The largest absolute Gasteiger partial charge is 0.493 e. The molecule has 2 aromatic rings. The summed E-state index contributed by atoms with van der Waals surface area (Å²) in [6.07, 6.45) is 1.03. The third kappa shape index (κ3) is 3.00. The molecule has 0 bridgehead atoms. The standard InChI is InChI=1S/C17H20N2O/c18-10-13-1-3-14(4-2-13)11-19-12-15-5-6-17-16(9-15)7-8-20-17/h1-6,9,19H,7-8,10-12,18H2. The fourth-order valence-corrected chi connectivity index (χ4v) is 2.49. The molecule has 3 heteroatoms. The van der Waals surface area contributed by atoms with E-state index in [-0.39, 0.29) is 0 Å². The van der Waals surface area contributed by atoms with Gasteiger partial charge >= 0.3 is 0 Å². The van der Waals surface area contributed by atoms with Crippen molar-refractivity contribution < 1.29 is 4.74 Å². The molecule has 3 nitrogen and oxygen atoms in total. The van der Waals surface area contributed by atoms with Crippen LogP contribution in [0.2, 0.25) is 0 Å². The van der Waals surface area contributed by atoms with Crippen LogP contribution in [-0.4, -0.2) is 6.61 Å². The van der Waals surface area contributed by atoms with Crippen molar-refractivity contribution in [1.29, 1.82) is 0 Å². The normalized spacial score (nSPS) is 13.1. The lowest BCUT2D eigenvalue weighted by Crippen LogP contribution is -2.12. The van der Waals surface area contributed by atoms with Gasteiger partial charge in [-0.3, -0.25) is 0 Å². The fraction of sp³-hybridized carbons (Fsp3) is 0.294. The van der Waals surface area contributed by atoms with E-state index in [4.69, 9.17) is 10.5 Å². The molecule has 0 aromatic heterocycles. The maximum atomic E-state index is 5.59. The Morgan fingerprint density at radius 2 is 1.65 bits per heavy atom. The molecule has 104 valence electrons. The number of nitrogens with one attached hydrogen (secondary N) is 1. The van der Waals surface area contributed by atoms with Crippen LogP contribution in [0.5, 0.6) is 5.75 Å². The van der Waals surface area contributed by atoms with Gasteiger partial charge in [0.2, 0.25) is 0 Å². The van der Waals surface area contributed by atoms with Gasteiger partial charge in [0, 0.05) is 26.1 Å². The SMILES string of the molecule is NCc1ccc(CNCc2ccc3c(c2)CCO3)cc1. The molecular formula is C17H20N2O. The van der Waals surface area contributed by atoms with Gasteiger partial charge in [-0.15, -0.1) is 0 Å². The predicted octanol–water partition coefficient (Wildman–Crippen LogP) is 2.37. The lowest BCUT2D eigenvalue weighted by Gasteiger charge is -2.07. The highest BCUT2D eigenvalue weighted by atomic mass is 16.5. The maximum Gasteiger partial charge on any atom is 0.122 e. The quantitative estimate of drug-likeness (QED) is 0.875. The molecule has 0 unspecified atom stereocenters. The van der Waals surface area contributed by atoms with Gasteiger partial charge in [0.25, 0.3) is 0 Å². The van der Waals surface area contributed by atoms with Gasteiger partial charge in [0.05, 0.1) is 6.61 Å². The molecule has 0 saturated heterocycles. The second-order valence-electron chi connectivity index (χ2n) is 5.16. The number of ether oxygens (including phenoxy) is 1. The van der Waals surface area contributed by atoms with E-state index in [0.29, 0.717) is 6.54 Å². The summed E-state index contributed by atoms with van der Waals surface area (Å²) in [4.78, 5) is 0. The lowest BCUT2D eigenvalue weighted by molar-refractivity contribution is 0.357. The first-order chi connectivity index (χ1) is 9.85. The second kappa shape index (κ2) is 6.07. The summed E-state index contributed by atoms with van der Waals surface area (Å²) in [6, 6.07) is 14.9. The summed E-state index contributed by atoms with van der Waals surface area (Å²) in [5.74, 6) is 1.05. The molecule has 1 aliphatic heterocycles. The van der Waals surface area contributed by atoms with Gasteiger partial charge in [-0.25, -0.2) is 0 Å². The van der Waals surface area contributed by atoms with Crippen LogP contribution < -0.4 is 15.8 Å². The van der Waals surface area contributed by atoms with E-state index in [1.54, 1.807) is 0 Å². The lowest BCUT2D eigenvalue weighted by atomic mass is 10.1. The van der Waals surface area contributed by atoms with Gasteiger partial charge in [0.1, 0.15) is 5.75 Å². The Morgan fingerprint density at radius 1 is 0.950 bits per heavy atom. The Hall–Kier alpha value is -1.84. The number of hydrogen-bond acceptors (Lipinski definition) is 3. The third-order valence-corrected chi connectivity index (χ3v) is 3.67. The second-order valence-corrected chi connectivity index (χ2v) is 5.16. The van der Waals surface area contributed by atoms with Crippen LogP contribution in [0.4, 0.5) is 0 Å². The van der Waals surface area contributed by atoms with Crippen LogP contribution in [-0.2, 0) is 26.1 Å². The Labute approximate surface area is 119 Å². The van der Waals surface area contributed by atoms with E-state index in [2.05, 4.69) is 47.8 Å². The topological polar surface area (TPSA) is 47.3 Å². The van der Waals surface area contributed by atoms with Crippen molar-refractivity contribution >= 4 is 0 Å². The van der Waals surface area contributed by atoms with Crippen LogP contribution in [0.25, 0.3) is 0 Å². The summed E-state index contributed by atoms with van der Waals surface area (Å²) in [7, 11) is 0. The van der Waals surface area contributed by atoms with Crippen molar-refractivity contribution in [2.24, 2.45) is 5.73 Å². The van der Waals surface area contributed by atoms with Crippen molar-refractivity contribution in [2.75, 3.05) is 6.61 Å². The molecule has 0 radical (unpaired) electrons.